The Morgan fingerprint density at radius 3 is 2.77 bits per heavy atom. The van der Waals surface area contributed by atoms with Crippen molar-refractivity contribution in [3.63, 3.8) is 0 Å². The predicted octanol–water partition coefficient (Wildman–Crippen LogP) is 1.24. The number of carbonyl (C=O) groups is 1. The monoisotopic (exact) mass is 181 g/mol. The first-order valence-electron chi connectivity index (χ1n) is 3.91. The third-order valence-corrected chi connectivity index (χ3v) is 1.53. The Labute approximate surface area is 76.2 Å². The SMILES string of the molecule is Cc1ccc(O[C@@H](C)C(=O)O)nc1. The van der Waals surface area contributed by atoms with Crippen LogP contribution in [0.25, 0.3) is 0 Å². The molecule has 1 rings (SSSR count). The normalized spacial score (nSPS) is 12.2. The molecule has 0 aliphatic rings. The van der Waals surface area contributed by atoms with Gasteiger partial charge in [-0.05, 0) is 19.4 Å². The summed E-state index contributed by atoms with van der Waals surface area (Å²) < 4.78 is 5.02. The molecule has 1 aromatic heterocycles. The number of pyridine rings is 1. The number of ether oxygens (including phenoxy) is 1. The molecular formula is C9H11NO3. The Morgan fingerprint density at radius 1 is 1.62 bits per heavy atom. The second kappa shape index (κ2) is 3.89. The number of aryl methyl sites for hydroxylation is 1. The van der Waals surface area contributed by atoms with Gasteiger partial charge in [0, 0.05) is 12.3 Å². The highest BCUT2D eigenvalue weighted by atomic mass is 16.5. The summed E-state index contributed by atoms with van der Waals surface area (Å²) in [6.45, 7) is 3.36. The van der Waals surface area contributed by atoms with Crippen LogP contribution < -0.4 is 4.74 Å². The van der Waals surface area contributed by atoms with Gasteiger partial charge in [-0.2, -0.15) is 0 Å². The largest absolute Gasteiger partial charge is 0.479 e. The molecule has 0 amide bonds. The molecule has 1 N–H and O–H groups in total. The van der Waals surface area contributed by atoms with E-state index < -0.39 is 12.1 Å². The maximum atomic E-state index is 10.4. The van der Waals surface area contributed by atoms with Gasteiger partial charge in [-0.3, -0.25) is 0 Å². The van der Waals surface area contributed by atoms with Gasteiger partial charge in [0.25, 0.3) is 0 Å². The van der Waals surface area contributed by atoms with E-state index in [1.807, 2.05) is 13.0 Å². The average Bonchev–Trinajstić information content (AvgIpc) is 2.08. The van der Waals surface area contributed by atoms with Crippen LogP contribution in [0.4, 0.5) is 0 Å². The van der Waals surface area contributed by atoms with E-state index in [4.69, 9.17) is 9.84 Å². The van der Waals surface area contributed by atoms with Crippen molar-refractivity contribution in [3.8, 4) is 5.88 Å². The number of hydrogen-bond donors (Lipinski definition) is 1. The van der Waals surface area contributed by atoms with Crippen molar-refractivity contribution in [2.45, 2.75) is 20.0 Å². The molecule has 0 saturated heterocycles. The van der Waals surface area contributed by atoms with E-state index >= 15 is 0 Å². The minimum absolute atomic E-state index is 0.334. The van der Waals surface area contributed by atoms with Gasteiger partial charge < -0.3 is 9.84 Å². The summed E-state index contributed by atoms with van der Waals surface area (Å²) in [5.41, 5.74) is 1.01. The molecule has 0 bridgehead atoms. The summed E-state index contributed by atoms with van der Waals surface area (Å²) in [5.74, 6) is -0.664. The van der Waals surface area contributed by atoms with Gasteiger partial charge in [-0.15, -0.1) is 0 Å². The van der Waals surface area contributed by atoms with Crippen LogP contribution in [0.1, 0.15) is 12.5 Å². The minimum atomic E-state index is -0.998. The van der Waals surface area contributed by atoms with E-state index in [1.165, 1.54) is 6.92 Å². The predicted molar refractivity (Wildman–Crippen MR) is 46.7 cm³/mol. The van der Waals surface area contributed by atoms with E-state index in [-0.39, 0.29) is 0 Å². The maximum absolute atomic E-state index is 10.4. The van der Waals surface area contributed by atoms with E-state index in [2.05, 4.69) is 4.98 Å². The van der Waals surface area contributed by atoms with E-state index in [0.717, 1.165) is 5.56 Å². The van der Waals surface area contributed by atoms with Gasteiger partial charge in [0.1, 0.15) is 0 Å². The molecule has 0 spiro atoms. The fourth-order valence-corrected chi connectivity index (χ4v) is 0.755. The van der Waals surface area contributed by atoms with Crippen LogP contribution in [-0.2, 0) is 4.79 Å². The van der Waals surface area contributed by atoms with Gasteiger partial charge in [0.2, 0.25) is 5.88 Å². The maximum Gasteiger partial charge on any atom is 0.344 e. The molecule has 1 atom stereocenters. The Bertz CT molecular complexity index is 294. The summed E-state index contributed by atoms with van der Waals surface area (Å²) in [6.07, 6.45) is 0.763. The van der Waals surface area contributed by atoms with Gasteiger partial charge >= 0.3 is 5.97 Å². The number of carboxylic acids is 1. The Balaban J connectivity index is 2.64. The molecule has 0 aromatic carbocycles. The van der Waals surface area contributed by atoms with Gasteiger partial charge in [0.05, 0.1) is 0 Å². The molecule has 1 heterocycles. The molecule has 0 aliphatic carbocycles. The third kappa shape index (κ3) is 2.74. The Morgan fingerprint density at radius 2 is 2.31 bits per heavy atom. The van der Waals surface area contributed by atoms with Crippen molar-refractivity contribution in [2.75, 3.05) is 0 Å². The highest BCUT2D eigenvalue weighted by molar-refractivity contribution is 5.72. The summed E-state index contributed by atoms with van der Waals surface area (Å²) in [7, 11) is 0. The molecule has 4 heteroatoms. The van der Waals surface area contributed by atoms with Crippen molar-refractivity contribution in [2.24, 2.45) is 0 Å². The minimum Gasteiger partial charge on any atom is -0.479 e. The zero-order chi connectivity index (χ0) is 9.84. The highest BCUT2D eigenvalue weighted by Crippen LogP contribution is 2.08. The van der Waals surface area contributed by atoms with Crippen LogP contribution in [0.2, 0.25) is 0 Å². The Hall–Kier alpha value is -1.58. The van der Waals surface area contributed by atoms with Crippen LogP contribution in [0.15, 0.2) is 18.3 Å². The number of carboxylic acid groups (broad SMARTS) is 1. The third-order valence-electron chi connectivity index (χ3n) is 1.53. The zero-order valence-corrected chi connectivity index (χ0v) is 7.52. The van der Waals surface area contributed by atoms with Gasteiger partial charge in [0.15, 0.2) is 6.10 Å². The lowest BCUT2D eigenvalue weighted by Gasteiger charge is -2.08. The summed E-state index contributed by atoms with van der Waals surface area (Å²) in [4.78, 5) is 14.3. The zero-order valence-electron chi connectivity index (χ0n) is 7.52. The van der Waals surface area contributed by atoms with Crippen LogP contribution in [-0.4, -0.2) is 22.2 Å². The molecule has 0 radical (unpaired) electrons. The van der Waals surface area contributed by atoms with E-state index in [1.54, 1.807) is 12.3 Å². The molecule has 70 valence electrons. The number of nitrogens with zero attached hydrogens (tertiary/aromatic N) is 1. The Kier molecular flexibility index (Phi) is 2.84. The molecule has 0 aliphatic heterocycles. The van der Waals surface area contributed by atoms with Gasteiger partial charge in [-0.25, -0.2) is 9.78 Å². The van der Waals surface area contributed by atoms with Crippen molar-refractivity contribution in [1.82, 2.24) is 4.98 Å². The number of hydrogen-bond acceptors (Lipinski definition) is 3. The standard InChI is InChI=1S/C9H11NO3/c1-6-3-4-8(10-5-6)13-7(2)9(11)12/h3-5,7H,1-2H3,(H,11,12)/t7-/m0/s1. The molecule has 13 heavy (non-hydrogen) atoms. The first-order valence-corrected chi connectivity index (χ1v) is 3.91. The second-order valence-electron chi connectivity index (χ2n) is 2.77. The smallest absolute Gasteiger partial charge is 0.344 e. The van der Waals surface area contributed by atoms with E-state index in [0.29, 0.717) is 5.88 Å². The quantitative estimate of drug-likeness (QED) is 0.762. The second-order valence-corrected chi connectivity index (χ2v) is 2.77. The van der Waals surface area contributed by atoms with Crippen LogP contribution in [0, 0.1) is 6.92 Å². The number of aromatic nitrogens is 1. The number of aliphatic carboxylic acids is 1. The molecule has 1 aromatic rings. The van der Waals surface area contributed by atoms with Crippen molar-refractivity contribution < 1.29 is 14.6 Å². The summed E-state index contributed by atoms with van der Waals surface area (Å²) >= 11 is 0. The van der Waals surface area contributed by atoms with Crippen molar-refractivity contribution in [1.29, 1.82) is 0 Å². The van der Waals surface area contributed by atoms with Crippen molar-refractivity contribution >= 4 is 5.97 Å². The summed E-state index contributed by atoms with van der Waals surface area (Å²) in [6, 6.07) is 3.46. The van der Waals surface area contributed by atoms with E-state index in [9.17, 15) is 4.79 Å². The summed E-state index contributed by atoms with van der Waals surface area (Å²) in [5, 5.41) is 8.55. The first-order chi connectivity index (χ1) is 6.09. The van der Waals surface area contributed by atoms with Crippen molar-refractivity contribution in [3.05, 3.63) is 23.9 Å². The van der Waals surface area contributed by atoms with Gasteiger partial charge in [-0.1, -0.05) is 6.07 Å². The fraction of sp³-hybridized carbons (Fsp3) is 0.333. The highest BCUT2D eigenvalue weighted by Gasteiger charge is 2.12. The number of rotatable bonds is 3. The first kappa shape index (κ1) is 9.51. The fourth-order valence-electron chi connectivity index (χ4n) is 0.755. The van der Waals surface area contributed by atoms with Crippen LogP contribution in [0.3, 0.4) is 0 Å². The lowest BCUT2D eigenvalue weighted by atomic mass is 10.3. The molecular weight excluding hydrogens is 170 g/mol. The topological polar surface area (TPSA) is 59.4 Å². The van der Waals surface area contributed by atoms with Crippen LogP contribution in [0.5, 0.6) is 5.88 Å². The van der Waals surface area contributed by atoms with Crippen LogP contribution >= 0.6 is 0 Å². The molecule has 4 nitrogen and oxygen atoms in total. The molecule has 0 saturated carbocycles. The lowest BCUT2D eigenvalue weighted by Crippen LogP contribution is -2.23. The lowest BCUT2D eigenvalue weighted by molar-refractivity contribution is -0.144. The molecule has 0 fully saturated rings. The average molecular weight is 181 g/mol. The molecule has 0 unspecified atom stereocenters.